The Balaban J connectivity index is 2.31. The minimum Gasteiger partial charge on any atom is -0.381 e. The van der Waals surface area contributed by atoms with E-state index in [2.05, 4.69) is 10.3 Å². The maximum atomic E-state index is 13.0. The molecular weight excluding hydrogens is 226 g/mol. The Kier molecular flexibility index (Phi) is 3.03. The molecule has 0 unspecified atom stereocenters. The molecule has 1 heterocycles. The molecule has 2 N–H and O–H groups in total. The molecule has 0 atom stereocenters. The van der Waals surface area contributed by atoms with E-state index in [1.54, 1.807) is 4.68 Å². The predicted octanol–water partition coefficient (Wildman–Crippen LogP) is 1.75. The summed E-state index contributed by atoms with van der Waals surface area (Å²) >= 11 is 0. The normalized spacial score (nSPS) is 10.8. The zero-order valence-electron chi connectivity index (χ0n) is 9.32. The molecule has 0 saturated carbocycles. The third-order valence-corrected chi connectivity index (χ3v) is 2.46. The van der Waals surface area contributed by atoms with Crippen LogP contribution in [0.15, 0.2) is 18.2 Å². The van der Waals surface area contributed by atoms with Crippen molar-refractivity contribution < 1.29 is 8.78 Å². The van der Waals surface area contributed by atoms with Crippen molar-refractivity contribution in [2.24, 2.45) is 0 Å². The summed E-state index contributed by atoms with van der Waals surface area (Å²) in [4.78, 5) is 0. The molecule has 90 valence electrons. The average Bonchev–Trinajstić information content (AvgIpc) is 2.57. The van der Waals surface area contributed by atoms with Crippen LogP contribution in [-0.4, -0.2) is 15.0 Å². The van der Waals surface area contributed by atoms with Crippen molar-refractivity contribution >= 4 is 5.82 Å². The molecular formula is C11H12F2N4. The van der Waals surface area contributed by atoms with Gasteiger partial charge >= 0.3 is 0 Å². The number of nitrogens with two attached hydrogens (primary N) is 1. The summed E-state index contributed by atoms with van der Waals surface area (Å²) in [5, 5.41) is 7.57. The van der Waals surface area contributed by atoms with E-state index in [0.29, 0.717) is 17.8 Å². The maximum absolute atomic E-state index is 13.0. The van der Waals surface area contributed by atoms with E-state index in [9.17, 15) is 8.78 Å². The molecule has 0 aliphatic carbocycles. The standard InChI is InChI=1S/C11H12F2N4/c1-2-10-11(14)15-16-17(10)6-7-3-8(12)5-9(13)4-7/h3-5H,2,6,14H2,1H3. The summed E-state index contributed by atoms with van der Waals surface area (Å²) in [5.74, 6) is -0.860. The van der Waals surface area contributed by atoms with Gasteiger partial charge in [-0.15, -0.1) is 5.10 Å². The first-order valence-electron chi connectivity index (χ1n) is 5.23. The summed E-state index contributed by atoms with van der Waals surface area (Å²) in [6.07, 6.45) is 0.663. The van der Waals surface area contributed by atoms with Crippen LogP contribution >= 0.6 is 0 Å². The highest BCUT2D eigenvalue weighted by Crippen LogP contribution is 2.13. The van der Waals surface area contributed by atoms with Crippen molar-refractivity contribution in [2.45, 2.75) is 19.9 Å². The van der Waals surface area contributed by atoms with Gasteiger partial charge in [-0.3, -0.25) is 0 Å². The quantitative estimate of drug-likeness (QED) is 0.886. The second-order valence-corrected chi connectivity index (χ2v) is 3.71. The van der Waals surface area contributed by atoms with E-state index in [1.165, 1.54) is 12.1 Å². The van der Waals surface area contributed by atoms with Crippen LogP contribution in [0.3, 0.4) is 0 Å². The molecule has 1 aromatic heterocycles. The Morgan fingerprint density at radius 2 is 1.88 bits per heavy atom. The molecule has 17 heavy (non-hydrogen) atoms. The first-order valence-corrected chi connectivity index (χ1v) is 5.23. The van der Waals surface area contributed by atoms with Gasteiger partial charge < -0.3 is 5.73 Å². The third kappa shape index (κ3) is 2.41. The Morgan fingerprint density at radius 3 is 2.47 bits per heavy atom. The average molecular weight is 238 g/mol. The van der Waals surface area contributed by atoms with Crippen LogP contribution in [-0.2, 0) is 13.0 Å². The van der Waals surface area contributed by atoms with E-state index >= 15 is 0 Å². The maximum Gasteiger partial charge on any atom is 0.169 e. The van der Waals surface area contributed by atoms with Gasteiger partial charge in [0.25, 0.3) is 0 Å². The Labute approximate surface area is 97.0 Å². The largest absolute Gasteiger partial charge is 0.381 e. The first-order chi connectivity index (χ1) is 8.10. The Hall–Kier alpha value is -1.98. The summed E-state index contributed by atoms with van der Waals surface area (Å²) in [7, 11) is 0. The van der Waals surface area contributed by atoms with E-state index < -0.39 is 11.6 Å². The SMILES string of the molecule is CCc1c(N)nnn1Cc1cc(F)cc(F)c1. The van der Waals surface area contributed by atoms with Gasteiger partial charge in [0.2, 0.25) is 0 Å². The summed E-state index contributed by atoms with van der Waals surface area (Å²) in [6.45, 7) is 2.17. The molecule has 2 rings (SSSR count). The second-order valence-electron chi connectivity index (χ2n) is 3.71. The van der Waals surface area contributed by atoms with Gasteiger partial charge in [0.05, 0.1) is 12.2 Å². The topological polar surface area (TPSA) is 56.7 Å². The second kappa shape index (κ2) is 4.48. The van der Waals surface area contributed by atoms with Gasteiger partial charge in [-0.2, -0.15) is 0 Å². The van der Waals surface area contributed by atoms with Gasteiger partial charge in [0, 0.05) is 6.07 Å². The number of halogens is 2. The van der Waals surface area contributed by atoms with Gasteiger partial charge in [-0.1, -0.05) is 12.1 Å². The first kappa shape index (κ1) is 11.5. The molecule has 0 amide bonds. The zero-order valence-corrected chi connectivity index (χ0v) is 9.32. The van der Waals surface area contributed by atoms with Gasteiger partial charge in [-0.05, 0) is 24.1 Å². The van der Waals surface area contributed by atoms with Crippen LogP contribution in [0, 0.1) is 11.6 Å². The molecule has 0 saturated heterocycles. The van der Waals surface area contributed by atoms with Crippen molar-refractivity contribution in [3.8, 4) is 0 Å². The summed E-state index contributed by atoms with van der Waals surface area (Å²) in [5.41, 5.74) is 6.87. The monoisotopic (exact) mass is 238 g/mol. The van der Waals surface area contributed by atoms with Crippen LogP contribution in [0.4, 0.5) is 14.6 Å². The van der Waals surface area contributed by atoms with Gasteiger partial charge in [-0.25, -0.2) is 13.5 Å². The summed E-state index contributed by atoms with van der Waals surface area (Å²) in [6, 6.07) is 3.36. The molecule has 1 aromatic carbocycles. The lowest BCUT2D eigenvalue weighted by atomic mass is 10.2. The zero-order chi connectivity index (χ0) is 12.4. The fourth-order valence-corrected chi connectivity index (χ4v) is 1.71. The highest BCUT2D eigenvalue weighted by atomic mass is 19.1. The Morgan fingerprint density at radius 1 is 1.24 bits per heavy atom. The van der Waals surface area contributed by atoms with Crippen molar-refractivity contribution in [3.05, 3.63) is 41.1 Å². The highest BCUT2D eigenvalue weighted by molar-refractivity contribution is 5.33. The highest BCUT2D eigenvalue weighted by Gasteiger charge is 2.09. The van der Waals surface area contributed by atoms with E-state index in [0.717, 1.165) is 11.8 Å². The molecule has 0 aliphatic heterocycles. The number of hydrogen-bond donors (Lipinski definition) is 1. The number of nitrogens with zero attached hydrogens (tertiary/aromatic N) is 3. The molecule has 2 aromatic rings. The fourth-order valence-electron chi connectivity index (χ4n) is 1.71. The molecule has 0 fully saturated rings. The molecule has 0 spiro atoms. The smallest absolute Gasteiger partial charge is 0.169 e. The van der Waals surface area contributed by atoms with Crippen LogP contribution in [0.25, 0.3) is 0 Å². The lowest BCUT2D eigenvalue weighted by molar-refractivity contribution is 0.568. The van der Waals surface area contributed by atoms with Crippen LogP contribution in [0.1, 0.15) is 18.2 Å². The van der Waals surface area contributed by atoms with Crippen LogP contribution in [0.2, 0.25) is 0 Å². The molecule has 0 bridgehead atoms. The van der Waals surface area contributed by atoms with E-state index in [4.69, 9.17) is 5.73 Å². The minimum absolute atomic E-state index is 0.252. The number of hydrogen-bond acceptors (Lipinski definition) is 3. The number of rotatable bonds is 3. The van der Waals surface area contributed by atoms with Crippen molar-refractivity contribution in [1.82, 2.24) is 15.0 Å². The molecule has 6 heteroatoms. The number of nitrogen functional groups attached to an aromatic ring is 1. The van der Waals surface area contributed by atoms with E-state index in [1.807, 2.05) is 6.92 Å². The third-order valence-electron chi connectivity index (χ3n) is 2.46. The number of aromatic nitrogens is 3. The van der Waals surface area contributed by atoms with E-state index in [-0.39, 0.29) is 6.54 Å². The Bertz CT molecular complexity index is 516. The van der Waals surface area contributed by atoms with Crippen molar-refractivity contribution in [1.29, 1.82) is 0 Å². The molecule has 4 nitrogen and oxygen atoms in total. The van der Waals surface area contributed by atoms with Crippen LogP contribution < -0.4 is 5.73 Å². The van der Waals surface area contributed by atoms with Crippen LogP contribution in [0.5, 0.6) is 0 Å². The minimum atomic E-state index is -0.605. The number of benzene rings is 1. The molecule has 0 aliphatic rings. The predicted molar refractivity (Wildman–Crippen MR) is 59.3 cm³/mol. The number of anilines is 1. The van der Waals surface area contributed by atoms with Gasteiger partial charge in [0.1, 0.15) is 11.6 Å². The lowest BCUT2D eigenvalue weighted by Crippen LogP contribution is -2.07. The fraction of sp³-hybridized carbons (Fsp3) is 0.273. The van der Waals surface area contributed by atoms with Gasteiger partial charge in [0.15, 0.2) is 5.82 Å². The van der Waals surface area contributed by atoms with Crippen molar-refractivity contribution in [3.63, 3.8) is 0 Å². The summed E-state index contributed by atoms with van der Waals surface area (Å²) < 4.78 is 27.6. The molecule has 0 radical (unpaired) electrons. The lowest BCUT2D eigenvalue weighted by Gasteiger charge is -2.05. The van der Waals surface area contributed by atoms with Crippen molar-refractivity contribution in [2.75, 3.05) is 5.73 Å².